The SMILES string of the molecule is O=C(CC1CCCCC1)NCCC(O)c1cccs1. The summed E-state index contributed by atoms with van der Waals surface area (Å²) < 4.78 is 0. The number of amides is 1. The number of thiophene rings is 1. The van der Waals surface area contributed by atoms with Gasteiger partial charge >= 0.3 is 0 Å². The van der Waals surface area contributed by atoms with E-state index in [2.05, 4.69) is 5.32 Å². The van der Waals surface area contributed by atoms with Gasteiger partial charge in [-0.15, -0.1) is 11.3 Å². The van der Waals surface area contributed by atoms with Crippen LogP contribution in [0.1, 0.15) is 55.9 Å². The van der Waals surface area contributed by atoms with Crippen LogP contribution < -0.4 is 5.32 Å². The number of rotatable bonds is 6. The molecule has 1 saturated carbocycles. The Morgan fingerprint density at radius 3 is 2.89 bits per heavy atom. The summed E-state index contributed by atoms with van der Waals surface area (Å²) in [7, 11) is 0. The highest BCUT2D eigenvalue weighted by atomic mass is 32.1. The predicted octanol–water partition coefficient (Wildman–Crippen LogP) is 3.26. The third kappa shape index (κ3) is 4.96. The highest BCUT2D eigenvalue weighted by molar-refractivity contribution is 7.10. The summed E-state index contributed by atoms with van der Waals surface area (Å²) >= 11 is 1.56. The van der Waals surface area contributed by atoms with Crippen LogP contribution >= 0.6 is 11.3 Å². The van der Waals surface area contributed by atoms with Crippen LogP contribution in [0.3, 0.4) is 0 Å². The van der Waals surface area contributed by atoms with E-state index in [0.717, 1.165) is 4.88 Å². The van der Waals surface area contributed by atoms with E-state index in [0.29, 0.717) is 25.3 Å². The van der Waals surface area contributed by atoms with Gasteiger partial charge in [0.1, 0.15) is 0 Å². The molecule has 1 aliphatic carbocycles. The average molecular weight is 281 g/mol. The number of nitrogens with one attached hydrogen (secondary N) is 1. The van der Waals surface area contributed by atoms with Crippen molar-refractivity contribution in [1.82, 2.24) is 5.32 Å². The molecule has 0 spiro atoms. The summed E-state index contributed by atoms with van der Waals surface area (Å²) in [6.45, 7) is 0.560. The molecule has 1 unspecified atom stereocenters. The number of carbonyl (C=O) groups excluding carboxylic acids is 1. The van der Waals surface area contributed by atoms with Crippen molar-refractivity contribution < 1.29 is 9.90 Å². The zero-order valence-corrected chi connectivity index (χ0v) is 12.1. The molecule has 1 amide bonds. The summed E-state index contributed by atoms with van der Waals surface area (Å²) in [6, 6.07) is 3.87. The molecule has 1 aromatic heterocycles. The molecule has 4 heteroatoms. The van der Waals surface area contributed by atoms with Crippen LogP contribution in [0.2, 0.25) is 0 Å². The lowest BCUT2D eigenvalue weighted by Crippen LogP contribution is -2.28. The maximum absolute atomic E-state index is 11.8. The largest absolute Gasteiger partial charge is 0.388 e. The molecule has 0 radical (unpaired) electrons. The first-order chi connectivity index (χ1) is 9.25. The van der Waals surface area contributed by atoms with Gasteiger partial charge in [0.2, 0.25) is 5.91 Å². The summed E-state index contributed by atoms with van der Waals surface area (Å²) in [5.74, 6) is 0.723. The summed E-state index contributed by atoms with van der Waals surface area (Å²) in [4.78, 5) is 12.8. The van der Waals surface area contributed by atoms with Crippen molar-refractivity contribution in [1.29, 1.82) is 0 Å². The molecule has 106 valence electrons. The van der Waals surface area contributed by atoms with Crippen LogP contribution in [0.4, 0.5) is 0 Å². The number of hydrogen-bond acceptors (Lipinski definition) is 3. The minimum absolute atomic E-state index is 0.144. The molecule has 1 aromatic rings. The Morgan fingerprint density at radius 2 is 2.21 bits per heavy atom. The normalized spacial score (nSPS) is 18.2. The monoisotopic (exact) mass is 281 g/mol. The number of aliphatic hydroxyl groups excluding tert-OH is 1. The second-order valence-corrected chi connectivity index (χ2v) is 6.36. The molecule has 1 atom stereocenters. The zero-order chi connectivity index (χ0) is 13.5. The lowest BCUT2D eigenvalue weighted by Gasteiger charge is -2.21. The summed E-state index contributed by atoms with van der Waals surface area (Å²) in [6.07, 6.45) is 7.08. The summed E-state index contributed by atoms with van der Waals surface area (Å²) in [5.41, 5.74) is 0. The van der Waals surface area contributed by atoms with Crippen LogP contribution in [-0.4, -0.2) is 17.6 Å². The number of hydrogen-bond donors (Lipinski definition) is 2. The fourth-order valence-electron chi connectivity index (χ4n) is 2.70. The molecule has 0 saturated heterocycles. The molecule has 1 fully saturated rings. The van der Waals surface area contributed by atoms with Gasteiger partial charge in [-0.3, -0.25) is 4.79 Å². The maximum atomic E-state index is 11.8. The van der Waals surface area contributed by atoms with E-state index in [-0.39, 0.29) is 5.91 Å². The third-order valence-corrected chi connectivity index (χ3v) is 4.78. The standard InChI is InChI=1S/C15H23NO2S/c17-13(14-7-4-10-19-14)8-9-16-15(18)11-12-5-2-1-3-6-12/h4,7,10,12-13,17H,1-3,5-6,8-9,11H2,(H,16,18). The van der Waals surface area contributed by atoms with Gasteiger partial charge in [-0.2, -0.15) is 0 Å². The Bertz CT molecular complexity index is 372. The van der Waals surface area contributed by atoms with E-state index in [1.807, 2.05) is 17.5 Å². The molecule has 0 aromatic carbocycles. The van der Waals surface area contributed by atoms with Crippen molar-refractivity contribution >= 4 is 17.2 Å². The van der Waals surface area contributed by atoms with Gasteiger partial charge in [0, 0.05) is 17.8 Å². The molecule has 2 rings (SSSR count). The molecular formula is C15H23NO2S. The summed E-state index contributed by atoms with van der Waals surface area (Å²) in [5, 5.41) is 14.8. The van der Waals surface area contributed by atoms with Crippen LogP contribution in [0, 0.1) is 5.92 Å². The Kier molecular flexibility index (Phi) is 5.86. The molecule has 1 aliphatic rings. The number of aliphatic hydroxyl groups is 1. The van der Waals surface area contributed by atoms with Gasteiger partial charge in [-0.1, -0.05) is 25.3 Å². The van der Waals surface area contributed by atoms with E-state index in [1.165, 1.54) is 32.1 Å². The smallest absolute Gasteiger partial charge is 0.220 e. The van der Waals surface area contributed by atoms with E-state index in [4.69, 9.17) is 0 Å². The molecule has 0 aliphatic heterocycles. The molecule has 0 bridgehead atoms. The highest BCUT2D eigenvalue weighted by Gasteiger charge is 2.17. The van der Waals surface area contributed by atoms with Crippen LogP contribution in [0.25, 0.3) is 0 Å². The van der Waals surface area contributed by atoms with Crippen molar-refractivity contribution in [3.05, 3.63) is 22.4 Å². The fraction of sp³-hybridized carbons (Fsp3) is 0.667. The minimum atomic E-state index is -0.449. The molecule has 2 N–H and O–H groups in total. The third-order valence-electron chi connectivity index (χ3n) is 3.81. The first-order valence-corrected chi connectivity index (χ1v) is 8.12. The topological polar surface area (TPSA) is 49.3 Å². The Hall–Kier alpha value is -0.870. The second-order valence-electron chi connectivity index (χ2n) is 5.38. The Labute approximate surface area is 119 Å². The van der Waals surface area contributed by atoms with Crippen LogP contribution in [0.15, 0.2) is 17.5 Å². The van der Waals surface area contributed by atoms with Gasteiger partial charge in [0.25, 0.3) is 0 Å². The predicted molar refractivity (Wildman–Crippen MR) is 78.1 cm³/mol. The van der Waals surface area contributed by atoms with E-state index < -0.39 is 6.10 Å². The van der Waals surface area contributed by atoms with Crippen molar-refractivity contribution in [2.24, 2.45) is 5.92 Å². The molecular weight excluding hydrogens is 258 g/mol. The quantitative estimate of drug-likeness (QED) is 0.841. The van der Waals surface area contributed by atoms with Gasteiger partial charge in [-0.05, 0) is 36.6 Å². The molecule has 19 heavy (non-hydrogen) atoms. The highest BCUT2D eigenvalue weighted by Crippen LogP contribution is 2.26. The van der Waals surface area contributed by atoms with E-state index in [9.17, 15) is 9.90 Å². The van der Waals surface area contributed by atoms with Crippen molar-refractivity contribution in [2.75, 3.05) is 6.54 Å². The van der Waals surface area contributed by atoms with Gasteiger partial charge in [0.05, 0.1) is 6.10 Å². The fourth-order valence-corrected chi connectivity index (χ4v) is 3.44. The first-order valence-electron chi connectivity index (χ1n) is 7.24. The number of carbonyl (C=O) groups is 1. The van der Waals surface area contributed by atoms with E-state index in [1.54, 1.807) is 11.3 Å². The zero-order valence-electron chi connectivity index (χ0n) is 11.3. The minimum Gasteiger partial charge on any atom is -0.388 e. The van der Waals surface area contributed by atoms with E-state index >= 15 is 0 Å². The molecule has 3 nitrogen and oxygen atoms in total. The molecule has 1 heterocycles. The van der Waals surface area contributed by atoms with Crippen molar-refractivity contribution in [3.63, 3.8) is 0 Å². The second kappa shape index (κ2) is 7.65. The Balaban J connectivity index is 1.61. The van der Waals surface area contributed by atoms with Crippen molar-refractivity contribution in [3.8, 4) is 0 Å². The lowest BCUT2D eigenvalue weighted by molar-refractivity contribution is -0.122. The van der Waals surface area contributed by atoms with Gasteiger partial charge in [0.15, 0.2) is 0 Å². The van der Waals surface area contributed by atoms with Gasteiger partial charge in [-0.25, -0.2) is 0 Å². The lowest BCUT2D eigenvalue weighted by atomic mass is 9.87. The first kappa shape index (κ1) is 14.5. The van der Waals surface area contributed by atoms with Crippen LogP contribution in [0.5, 0.6) is 0 Å². The Morgan fingerprint density at radius 1 is 1.42 bits per heavy atom. The maximum Gasteiger partial charge on any atom is 0.220 e. The van der Waals surface area contributed by atoms with Gasteiger partial charge < -0.3 is 10.4 Å². The van der Waals surface area contributed by atoms with Crippen LogP contribution in [-0.2, 0) is 4.79 Å². The average Bonchev–Trinajstić information content (AvgIpc) is 2.93. The van der Waals surface area contributed by atoms with Crippen molar-refractivity contribution in [2.45, 2.75) is 51.0 Å².